The van der Waals surface area contributed by atoms with Gasteiger partial charge in [-0.1, -0.05) is 17.8 Å². The molecule has 2 aromatic rings. The summed E-state index contributed by atoms with van der Waals surface area (Å²) in [5.41, 5.74) is 2.08. The lowest BCUT2D eigenvalue weighted by molar-refractivity contribution is 0.823. The molecule has 0 saturated carbocycles. The van der Waals surface area contributed by atoms with Crippen LogP contribution in [-0.4, -0.2) is 21.8 Å². The molecule has 0 amide bonds. The molecule has 7 heteroatoms. The van der Waals surface area contributed by atoms with Gasteiger partial charge in [0.05, 0.1) is 5.69 Å². The van der Waals surface area contributed by atoms with Gasteiger partial charge < -0.3 is 5.32 Å². The molecule has 0 saturated heterocycles. The molecule has 0 fully saturated rings. The predicted molar refractivity (Wildman–Crippen MR) is 90.9 cm³/mol. The molecule has 0 aliphatic carbocycles. The van der Waals surface area contributed by atoms with Gasteiger partial charge in [-0.25, -0.2) is 9.97 Å². The van der Waals surface area contributed by atoms with Crippen molar-refractivity contribution < 1.29 is 0 Å². The molecule has 0 spiro atoms. The molecular formula is C16H16N6S. The van der Waals surface area contributed by atoms with Crippen LogP contribution < -0.4 is 10.6 Å². The van der Waals surface area contributed by atoms with Gasteiger partial charge in [0, 0.05) is 29.8 Å². The molecule has 1 aromatic heterocycles. The molecule has 1 aliphatic rings. The molecule has 0 atom stereocenters. The maximum atomic E-state index is 8.86. The van der Waals surface area contributed by atoms with Gasteiger partial charge in [-0.2, -0.15) is 5.26 Å². The highest BCUT2D eigenvalue weighted by Gasteiger charge is 2.18. The molecule has 2 heterocycles. The third-order valence-corrected chi connectivity index (χ3v) is 4.22. The van der Waals surface area contributed by atoms with E-state index in [1.165, 1.54) is 0 Å². The number of nitriles is 1. The number of anilines is 2. The zero-order valence-electron chi connectivity index (χ0n) is 12.9. The average molecular weight is 324 g/mol. The Morgan fingerprint density at radius 3 is 3.00 bits per heavy atom. The Hall–Kier alpha value is -2.59. The van der Waals surface area contributed by atoms with Gasteiger partial charge in [-0.15, -0.1) is 0 Å². The lowest BCUT2D eigenvalue weighted by atomic mass is 10.1. The largest absolute Gasteiger partial charge is 0.337 e. The van der Waals surface area contributed by atoms with E-state index >= 15 is 0 Å². The van der Waals surface area contributed by atoms with E-state index in [1.54, 1.807) is 24.2 Å². The number of nitrogens with zero attached hydrogens (tertiary/aromatic N) is 4. The second kappa shape index (κ2) is 6.67. The molecule has 1 aliphatic heterocycles. The summed E-state index contributed by atoms with van der Waals surface area (Å²) >= 11 is 1.60. The maximum absolute atomic E-state index is 8.86. The Labute approximate surface area is 139 Å². The molecule has 3 rings (SSSR count). The van der Waals surface area contributed by atoms with Gasteiger partial charge in [-0.05, 0) is 31.5 Å². The SMILES string of the molecule is CC(C)N=C(Cc1ccc2c(c1)Nc1nccnc1S2)NC#N. The van der Waals surface area contributed by atoms with Gasteiger partial charge in [0.1, 0.15) is 10.9 Å². The zero-order chi connectivity index (χ0) is 16.2. The fourth-order valence-electron chi connectivity index (χ4n) is 2.28. The van der Waals surface area contributed by atoms with Crippen LogP contribution in [0.5, 0.6) is 0 Å². The molecule has 6 nitrogen and oxygen atoms in total. The van der Waals surface area contributed by atoms with E-state index < -0.39 is 0 Å². The topological polar surface area (TPSA) is 86.0 Å². The molecule has 0 unspecified atom stereocenters. The van der Waals surface area contributed by atoms with Crippen LogP contribution in [-0.2, 0) is 6.42 Å². The number of hydrogen-bond donors (Lipinski definition) is 2. The van der Waals surface area contributed by atoms with Crippen molar-refractivity contribution in [2.24, 2.45) is 4.99 Å². The van der Waals surface area contributed by atoms with Crippen LogP contribution in [0.15, 0.2) is 45.5 Å². The van der Waals surface area contributed by atoms with Crippen LogP contribution in [0, 0.1) is 11.5 Å². The van der Waals surface area contributed by atoms with Gasteiger partial charge >= 0.3 is 0 Å². The van der Waals surface area contributed by atoms with E-state index in [4.69, 9.17) is 5.26 Å². The van der Waals surface area contributed by atoms with Crippen molar-refractivity contribution in [2.75, 3.05) is 5.32 Å². The molecule has 0 radical (unpaired) electrons. The Kier molecular flexibility index (Phi) is 4.44. The monoisotopic (exact) mass is 324 g/mol. The van der Waals surface area contributed by atoms with E-state index in [0.29, 0.717) is 12.3 Å². The lowest BCUT2D eigenvalue weighted by Gasteiger charge is -2.19. The minimum Gasteiger partial charge on any atom is -0.337 e. The number of amidine groups is 1. The van der Waals surface area contributed by atoms with Gasteiger partial charge in [-0.3, -0.25) is 10.3 Å². The third-order valence-electron chi connectivity index (χ3n) is 3.15. The summed E-state index contributed by atoms with van der Waals surface area (Å²) in [6, 6.07) is 6.30. The number of hydrogen-bond acceptors (Lipinski definition) is 6. The second-order valence-corrected chi connectivity index (χ2v) is 6.38. The maximum Gasteiger partial charge on any atom is 0.182 e. The van der Waals surface area contributed by atoms with Crippen molar-refractivity contribution in [3.8, 4) is 6.19 Å². The minimum absolute atomic E-state index is 0.138. The van der Waals surface area contributed by atoms with Crippen molar-refractivity contribution in [3.63, 3.8) is 0 Å². The minimum atomic E-state index is 0.138. The summed E-state index contributed by atoms with van der Waals surface area (Å²) in [5, 5.41) is 15.7. The Bertz CT molecular complexity index is 793. The summed E-state index contributed by atoms with van der Waals surface area (Å²) in [5.74, 6) is 1.44. The van der Waals surface area contributed by atoms with E-state index in [0.717, 1.165) is 27.0 Å². The first-order valence-electron chi connectivity index (χ1n) is 7.26. The molecule has 1 aromatic carbocycles. The summed E-state index contributed by atoms with van der Waals surface area (Å²) < 4.78 is 0. The van der Waals surface area contributed by atoms with Crippen LogP contribution in [0.1, 0.15) is 19.4 Å². The number of rotatable bonds is 3. The fourth-order valence-corrected chi connectivity index (χ4v) is 3.16. The van der Waals surface area contributed by atoms with Crippen molar-refractivity contribution in [3.05, 3.63) is 36.2 Å². The Morgan fingerprint density at radius 2 is 2.22 bits per heavy atom. The predicted octanol–water partition coefficient (Wildman–Crippen LogP) is 3.10. The standard InChI is InChI=1S/C16H16N6S/c1-10(2)21-14(20-9-17)8-11-3-4-13-12(7-11)22-15-16(23-13)19-6-5-18-15/h3-7,10H,8H2,1-2H3,(H,18,22)(H,20,21). The summed E-state index contributed by atoms with van der Waals surface area (Å²) in [6.45, 7) is 3.97. The highest BCUT2D eigenvalue weighted by Crippen LogP contribution is 2.41. The van der Waals surface area contributed by atoms with Crippen LogP contribution in [0.2, 0.25) is 0 Å². The van der Waals surface area contributed by atoms with E-state index in [2.05, 4.69) is 37.7 Å². The smallest absolute Gasteiger partial charge is 0.182 e. The lowest BCUT2D eigenvalue weighted by Crippen LogP contribution is -2.22. The number of aliphatic imine (C=N–C) groups is 1. The highest BCUT2D eigenvalue weighted by atomic mass is 32.2. The first-order valence-corrected chi connectivity index (χ1v) is 8.08. The third kappa shape index (κ3) is 3.60. The normalized spacial score (nSPS) is 12.9. The number of benzene rings is 1. The summed E-state index contributed by atoms with van der Waals surface area (Å²) in [7, 11) is 0. The molecule has 116 valence electrons. The Morgan fingerprint density at radius 1 is 1.39 bits per heavy atom. The van der Waals surface area contributed by atoms with Crippen LogP contribution in [0.25, 0.3) is 0 Å². The highest BCUT2D eigenvalue weighted by molar-refractivity contribution is 7.99. The van der Waals surface area contributed by atoms with Gasteiger partial charge in [0.25, 0.3) is 0 Å². The van der Waals surface area contributed by atoms with Crippen molar-refractivity contribution in [1.82, 2.24) is 15.3 Å². The first kappa shape index (κ1) is 15.3. The van der Waals surface area contributed by atoms with Crippen molar-refractivity contribution in [1.29, 1.82) is 5.26 Å². The van der Waals surface area contributed by atoms with E-state index in [1.807, 2.05) is 26.1 Å². The fraction of sp³-hybridized carbons (Fsp3) is 0.250. The van der Waals surface area contributed by atoms with Crippen LogP contribution in [0.4, 0.5) is 11.5 Å². The summed E-state index contributed by atoms with van der Waals surface area (Å²) in [4.78, 5) is 14.2. The molecule has 2 N–H and O–H groups in total. The molecular weight excluding hydrogens is 308 g/mol. The molecule has 23 heavy (non-hydrogen) atoms. The van der Waals surface area contributed by atoms with E-state index in [-0.39, 0.29) is 6.04 Å². The van der Waals surface area contributed by atoms with Crippen molar-refractivity contribution >= 4 is 29.1 Å². The Balaban J connectivity index is 1.84. The second-order valence-electron chi connectivity index (χ2n) is 5.35. The number of aromatic nitrogens is 2. The number of fused-ring (bicyclic) bond motifs is 2. The number of nitrogens with one attached hydrogen (secondary N) is 2. The van der Waals surface area contributed by atoms with Crippen LogP contribution >= 0.6 is 11.8 Å². The van der Waals surface area contributed by atoms with Gasteiger partial charge in [0.2, 0.25) is 0 Å². The first-order chi connectivity index (χ1) is 11.2. The average Bonchev–Trinajstić information content (AvgIpc) is 2.52. The van der Waals surface area contributed by atoms with Crippen molar-refractivity contribution in [2.45, 2.75) is 36.2 Å². The van der Waals surface area contributed by atoms with E-state index in [9.17, 15) is 0 Å². The van der Waals surface area contributed by atoms with Gasteiger partial charge in [0.15, 0.2) is 12.0 Å². The summed E-state index contributed by atoms with van der Waals surface area (Å²) in [6.07, 6.45) is 5.89. The van der Waals surface area contributed by atoms with Crippen LogP contribution in [0.3, 0.4) is 0 Å². The molecule has 0 bridgehead atoms. The quantitative estimate of drug-likeness (QED) is 0.333. The zero-order valence-corrected chi connectivity index (χ0v) is 13.7.